The van der Waals surface area contributed by atoms with E-state index in [1.54, 1.807) is 0 Å². The van der Waals surface area contributed by atoms with Gasteiger partial charge in [-0.2, -0.15) is 0 Å². The highest BCUT2D eigenvalue weighted by Gasteiger charge is 2.03. The van der Waals surface area contributed by atoms with E-state index in [1.165, 1.54) is 25.7 Å². The zero-order valence-electron chi connectivity index (χ0n) is 22.9. The van der Waals surface area contributed by atoms with Gasteiger partial charge in [0.25, 0.3) is 0 Å². The highest BCUT2D eigenvalue weighted by Crippen LogP contribution is 2.16. The summed E-state index contributed by atoms with van der Waals surface area (Å²) in [5, 5.41) is 24.6. The predicted molar refractivity (Wildman–Crippen MR) is 139 cm³/mol. The van der Waals surface area contributed by atoms with Crippen LogP contribution >= 0.6 is 0 Å². The highest BCUT2D eigenvalue weighted by molar-refractivity contribution is 5.67. The van der Waals surface area contributed by atoms with E-state index in [9.17, 15) is 14.4 Å². The van der Waals surface area contributed by atoms with Gasteiger partial charge in [-0.3, -0.25) is 14.4 Å². The van der Waals surface area contributed by atoms with Crippen LogP contribution in [0.5, 0.6) is 0 Å². The molecule has 0 aromatic rings. The van der Waals surface area contributed by atoms with E-state index < -0.39 is 17.9 Å². The first-order valence-electron chi connectivity index (χ1n) is 13.0. The summed E-state index contributed by atoms with van der Waals surface area (Å²) in [5.41, 5.74) is 0.542. The van der Waals surface area contributed by atoms with Crippen molar-refractivity contribution < 1.29 is 29.7 Å². The van der Waals surface area contributed by atoms with Crippen molar-refractivity contribution in [3.8, 4) is 0 Å². The van der Waals surface area contributed by atoms with Crippen molar-refractivity contribution in [2.24, 2.45) is 5.41 Å². The fraction of sp³-hybridized carbons (Fsp3) is 0.889. The number of aliphatic carboxylic acids is 3. The second kappa shape index (κ2) is 30.4. The number of rotatable bonds is 15. The van der Waals surface area contributed by atoms with E-state index >= 15 is 0 Å². The molecule has 0 aromatic carbocycles. The molecule has 6 nitrogen and oxygen atoms in total. The zero-order chi connectivity index (χ0) is 26.5. The maximum absolute atomic E-state index is 9.96. The molecule has 0 aliphatic heterocycles. The van der Waals surface area contributed by atoms with Gasteiger partial charge in [0.15, 0.2) is 0 Å². The molecule has 0 aliphatic rings. The van der Waals surface area contributed by atoms with Crippen LogP contribution in [0.1, 0.15) is 151 Å². The van der Waals surface area contributed by atoms with Crippen LogP contribution in [-0.4, -0.2) is 33.2 Å². The van der Waals surface area contributed by atoms with Crippen molar-refractivity contribution in [3.05, 3.63) is 0 Å². The minimum atomic E-state index is -0.675. The van der Waals surface area contributed by atoms with Crippen LogP contribution in [0, 0.1) is 5.41 Å². The lowest BCUT2D eigenvalue weighted by Crippen LogP contribution is -2.00. The molecule has 0 heterocycles. The van der Waals surface area contributed by atoms with Crippen LogP contribution in [-0.2, 0) is 14.4 Å². The van der Waals surface area contributed by atoms with Gasteiger partial charge in [-0.25, -0.2) is 0 Å². The molecule has 0 spiro atoms. The van der Waals surface area contributed by atoms with E-state index in [0.717, 1.165) is 57.8 Å². The average Bonchev–Trinajstić information content (AvgIpc) is 2.72. The number of unbranched alkanes of at least 4 members (excludes halogenated alkanes) is 9. The molecular weight excluding hydrogens is 420 g/mol. The fourth-order valence-electron chi connectivity index (χ4n) is 2.11. The summed E-state index contributed by atoms with van der Waals surface area (Å²) in [6.07, 6.45) is 14.9. The summed E-state index contributed by atoms with van der Waals surface area (Å²) < 4.78 is 0. The lowest BCUT2D eigenvalue weighted by molar-refractivity contribution is -0.138. The number of carboxylic acid groups (broad SMARTS) is 3. The first-order chi connectivity index (χ1) is 15.4. The Hall–Kier alpha value is -1.59. The van der Waals surface area contributed by atoms with Crippen molar-refractivity contribution in [2.75, 3.05) is 0 Å². The topological polar surface area (TPSA) is 112 Å². The second-order valence-electron chi connectivity index (χ2n) is 9.53. The Morgan fingerprint density at radius 2 is 0.697 bits per heavy atom. The maximum atomic E-state index is 9.96. The Balaban J connectivity index is -0.000000172. The summed E-state index contributed by atoms with van der Waals surface area (Å²) >= 11 is 0. The molecule has 0 aromatic heterocycles. The first-order valence-corrected chi connectivity index (χ1v) is 13.0. The molecule has 0 rings (SSSR count). The van der Waals surface area contributed by atoms with Gasteiger partial charge in [-0.15, -0.1) is 0 Å². The number of hydrogen-bond acceptors (Lipinski definition) is 3. The van der Waals surface area contributed by atoms with Gasteiger partial charge in [0.2, 0.25) is 0 Å². The standard InChI is InChI=1S/3C7H14O2.C6H14/c3*1-2-3-4-5-6-7(8)9;1-5-6(2,3)4/h3*2-6H2,1H3,(H,8,9);5H2,1-4H3. The first kappa shape index (κ1) is 38.7. The largest absolute Gasteiger partial charge is 0.481 e. The third kappa shape index (κ3) is 65.1. The Morgan fingerprint density at radius 1 is 0.485 bits per heavy atom. The molecular formula is C27H56O6. The van der Waals surface area contributed by atoms with Crippen LogP contribution in [0.2, 0.25) is 0 Å². The monoisotopic (exact) mass is 476 g/mol. The Labute approximate surface area is 204 Å². The summed E-state index contributed by atoms with van der Waals surface area (Å²) in [5.74, 6) is -2.02. The van der Waals surface area contributed by atoms with Crippen LogP contribution in [0.4, 0.5) is 0 Å². The van der Waals surface area contributed by atoms with Crippen LogP contribution in [0.3, 0.4) is 0 Å². The minimum Gasteiger partial charge on any atom is -0.481 e. The van der Waals surface area contributed by atoms with Crippen molar-refractivity contribution in [1.82, 2.24) is 0 Å². The van der Waals surface area contributed by atoms with E-state index in [2.05, 4.69) is 48.5 Å². The van der Waals surface area contributed by atoms with E-state index in [1.807, 2.05) is 0 Å². The highest BCUT2D eigenvalue weighted by atomic mass is 16.4. The van der Waals surface area contributed by atoms with E-state index in [4.69, 9.17) is 15.3 Å². The molecule has 6 heteroatoms. The van der Waals surface area contributed by atoms with E-state index in [-0.39, 0.29) is 0 Å². The average molecular weight is 477 g/mol. The van der Waals surface area contributed by atoms with Gasteiger partial charge in [0.05, 0.1) is 0 Å². The second-order valence-corrected chi connectivity index (χ2v) is 9.53. The number of hydrogen-bond donors (Lipinski definition) is 3. The number of carboxylic acids is 3. The SMILES string of the molecule is CCC(C)(C)C.CCCCCCC(=O)O.CCCCCCC(=O)O.CCCCCCC(=O)O. The molecule has 3 N–H and O–H groups in total. The summed E-state index contributed by atoms with van der Waals surface area (Å²) in [7, 11) is 0. The molecule has 0 amide bonds. The number of carbonyl (C=O) groups is 3. The van der Waals surface area contributed by atoms with Crippen molar-refractivity contribution in [2.45, 2.75) is 151 Å². The van der Waals surface area contributed by atoms with Gasteiger partial charge in [-0.1, -0.05) is 113 Å². The van der Waals surface area contributed by atoms with Crippen LogP contribution in [0.25, 0.3) is 0 Å². The molecule has 0 saturated heterocycles. The summed E-state index contributed by atoms with van der Waals surface area (Å²) in [6.45, 7) is 15.3. The Bertz CT molecular complexity index is 375. The molecule has 0 atom stereocenters. The van der Waals surface area contributed by atoms with Crippen LogP contribution in [0.15, 0.2) is 0 Å². The lowest BCUT2D eigenvalue weighted by Gasteiger charge is -2.12. The van der Waals surface area contributed by atoms with Gasteiger partial charge in [-0.05, 0) is 24.7 Å². The molecule has 0 radical (unpaired) electrons. The molecule has 0 saturated carbocycles. The molecule has 0 aliphatic carbocycles. The zero-order valence-corrected chi connectivity index (χ0v) is 22.9. The van der Waals surface area contributed by atoms with Gasteiger partial charge < -0.3 is 15.3 Å². The smallest absolute Gasteiger partial charge is 0.303 e. The molecule has 0 fully saturated rings. The Morgan fingerprint density at radius 3 is 0.818 bits per heavy atom. The third-order valence-corrected chi connectivity index (χ3v) is 4.79. The quantitative estimate of drug-likeness (QED) is 0.204. The molecule has 0 bridgehead atoms. The van der Waals surface area contributed by atoms with Crippen LogP contribution < -0.4 is 0 Å². The van der Waals surface area contributed by atoms with E-state index in [0.29, 0.717) is 24.7 Å². The lowest BCUT2D eigenvalue weighted by atomic mass is 9.94. The Kier molecular flexibility index (Phi) is 35.6. The molecule has 0 unspecified atom stereocenters. The van der Waals surface area contributed by atoms with Crippen molar-refractivity contribution in [3.63, 3.8) is 0 Å². The third-order valence-electron chi connectivity index (χ3n) is 4.79. The predicted octanol–water partition coefficient (Wildman–Crippen LogP) is 8.57. The molecule has 200 valence electrons. The fourth-order valence-corrected chi connectivity index (χ4v) is 2.11. The van der Waals surface area contributed by atoms with Crippen molar-refractivity contribution in [1.29, 1.82) is 0 Å². The van der Waals surface area contributed by atoms with Crippen molar-refractivity contribution >= 4 is 17.9 Å². The normalized spacial score (nSPS) is 9.91. The summed E-state index contributed by atoms with van der Waals surface area (Å²) in [4.78, 5) is 29.9. The van der Waals surface area contributed by atoms with Gasteiger partial charge in [0, 0.05) is 19.3 Å². The molecule has 33 heavy (non-hydrogen) atoms. The van der Waals surface area contributed by atoms with Gasteiger partial charge in [0.1, 0.15) is 0 Å². The summed E-state index contributed by atoms with van der Waals surface area (Å²) in [6, 6.07) is 0. The maximum Gasteiger partial charge on any atom is 0.303 e. The van der Waals surface area contributed by atoms with Gasteiger partial charge >= 0.3 is 17.9 Å². The minimum absolute atomic E-state index is 0.333.